The Hall–Kier alpha value is -3.76. The zero-order valence-electron chi connectivity index (χ0n) is 22.5. The Balaban J connectivity index is 1.42. The van der Waals surface area contributed by atoms with Gasteiger partial charge < -0.3 is 32.6 Å². The van der Waals surface area contributed by atoms with Crippen LogP contribution in [0.15, 0.2) is 60.7 Å². The summed E-state index contributed by atoms with van der Waals surface area (Å²) in [6.45, 7) is 4.73. The molecule has 6 rings (SSSR count). The second kappa shape index (κ2) is 10.0. The van der Waals surface area contributed by atoms with Crippen LogP contribution in [0.4, 0.5) is 5.69 Å². The molecule has 1 aliphatic heterocycles. The number of nitrogens with two attached hydrogens (primary N) is 3. The Bertz CT molecular complexity index is 1630. The van der Waals surface area contributed by atoms with E-state index in [1.165, 1.54) is 11.3 Å². The number of ether oxygens (including phenoxy) is 1. The van der Waals surface area contributed by atoms with E-state index in [0.717, 1.165) is 18.4 Å². The molecular formula is C31H33N5O3S. The smallest absolute Gasteiger partial charge is 0.262 e. The van der Waals surface area contributed by atoms with Crippen molar-refractivity contribution >= 4 is 38.8 Å². The molecule has 1 saturated heterocycles. The number of hydrogen-bond donors (Lipinski definition) is 5. The molecule has 0 saturated carbocycles. The predicted octanol–water partition coefficient (Wildman–Crippen LogP) is 4.24. The number of para-hydroxylation sites is 1. The Kier molecular flexibility index (Phi) is 6.62. The molecular weight excluding hydrogens is 522 g/mol. The maximum Gasteiger partial charge on any atom is 0.262 e. The molecule has 1 fully saturated rings. The Morgan fingerprint density at radius 3 is 2.52 bits per heavy atom. The number of Topliss-reactive ketones (excluding diaryl/α,β-unsaturated/α-hetero) is 1. The molecule has 1 aliphatic carbocycles. The van der Waals surface area contributed by atoms with E-state index in [-0.39, 0.29) is 17.7 Å². The Labute approximate surface area is 236 Å². The molecule has 3 aromatic carbocycles. The summed E-state index contributed by atoms with van der Waals surface area (Å²) in [6, 6.07) is 17.8. The molecule has 0 radical (unpaired) electrons. The van der Waals surface area contributed by atoms with Gasteiger partial charge in [0.1, 0.15) is 17.0 Å². The summed E-state index contributed by atoms with van der Waals surface area (Å²) in [4.78, 5) is 28.1. The molecule has 8 nitrogen and oxygen atoms in total. The highest BCUT2D eigenvalue weighted by Crippen LogP contribution is 2.50. The number of carbonyl (C=O) groups excluding carboxylic acids is 2. The van der Waals surface area contributed by atoms with Crippen LogP contribution in [0.2, 0.25) is 0 Å². The average Bonchev–Trinajstić information content (AvgIpc) is 3.35. The van der Waals surface area contributed by atoms with Crippen molar-refractivity contribution in [1.82, 2.24) is 10.6 Å². The van der Waals surface area contributed by atoms with Crippen LogP contribution < -0.4 is 32.6 Å². The first-order valence-corrected chi connectivity index (χ1v) is 14.3. The van der Waals surface area contributed by atoms with E-state index in [4.69, 9.17) is 21.9 Å². The van der Waals surface area contributed by atoms with E-state index < -0.39 is 11.6 Å². The normalized spacial score (nSPS) is 24.2. The zero-order chi connectivity index (χ0) is 28.2. The lowest BCUT2D eigenvalue weighted by molar-refractivity contribution is -0.124. The molecule has 9 heteroatoms. The summed E-state index contributed by atoms with van der Waals surface area (Å²) < 4.78 is 6.71. The van der Waals surface area contributed by atoms with Gasteiger partial charge in [0.25, 0.3) is 5.91 Å². The van der Waals surface area contributed by atoms with Gasteiger partial charge in [0.05, 0.1) is 15.6 Å². The third kappa shape index (κ3) is 4.26. The van der Waals surface area contributed by atoms with Gasteiger partial charge in [-0.25, -0.2) is 0 Å². The van der Waals surface area contributed by atoms with Gasteiger partial charge in [0.15, 0.2) is 5.78 Å². The van der Waals surface area contributed by atoms with Crippen LogP contribution in [0.3, 0.4) is 0 Å². The lowest BCUT2D eigenvalue weighted by Crippen LogP contribution is -2.53. The average molecular weight is 556 g/mol. The van der Waals surface area contributed by atoms with Crippen molar-refractivity contribution in [3.63, 3.8) is 0 Å². The maximum atomic E-state index is 14.1. The van der Waals surface area contributed by atoms with Crippen LogP contribution in [-0.4, -0.2) is 30.3 Å². The molecule has 206 valence electrons. The number of aryl methyl sites for hydroxylation is 1. The molecule has 1 amide bonds. The monoisotopic (exact) mass is 555 g/mol. The van der Waals surface area contributed by atoms with Crippen molar-refractivity contribution < 1.29 is 14.3 Å². The van der Waals surface area contributed by atoms with Crippen LogP contribution in [0.5, 0.6) is 11.5 Å². The van der Waals surface area contributed by atoms with Crippen molar-refractivity contribution in [2.24, 2.45) is 11.5 Å². The zero-order valence-corrected chi connectivity index (χ0v) is 23.3. The summed E-state index contributed by atoms with van der Waals surface area (Å²) in [5.74, 6) is 0.731. The number of carbonyl (C=O) groups is 2. The number of nitrogen functional groups attached to an aromatic ring is 1. The fourth-order valence-corrected chi connectivity index (χ4v) is 7.17. The van der Waals surface area contributed by atoms with Crippen molar-refractivity contribution in [2.45, 2.75) is 50.4 Å². The van der Waals surface area contributed by atoms with E-state index in [9.17, 15) is 9.59 Å². The number of piperidine rings is 1. The van der Waals surface area contributed by atoms with Crippen molar-refractivity contribution in [3.8, 4) is 11.5 Å². The molecule has 2 heterocycles. The lowest BCUT2D eigenvalue weighted by atomic mass is 9.69. The number of ketones is 1. The van der Waals surface area contributed by atoms with Crippen LogP contribution in [-0.2, 0) is 10.3 Å². The van der Waals surface area contributed by atoms with Crippen LogP contribution in [0.1, 0.15) is 57.7 Å². The van der Waals surface area contributed by atoms with Gasteiger partial charge in [-0.2, -0.15) is 0 Å². The van der Waals surface area contributed by atoms with Gasteiger partial charge in [0, 0.05) is 35.3 Å². The first-order chi connectivity index (χ1) is 19.2. The van der Waals surface area contributed by atoms with E-state index >= 15 is 0 Å². The van der Waals surface area contributed by atoms with E-state index in [0.29, 0.717) is 61.4 Å². The molecule has 3 unspecified atom stereocenters. The molecule has 4 atom stereocenters. The largest absolute Gasteiger partial charge is 0.457 e. The standard InChI is InChI=1S/C31H33N5O3S/c1-16-14-20(39-19-6-4-3-5-7-19)10-11-21(16)31(34)22-12-13-23(32)27-24(22)25(26(33)29(31)37)28(40-27)30(38)36-18-9-8-17(2)35-15-18/h3-7,10-14,17-18,26,35H,8-9,15,32-34H2,1-2H3,(H,36,38)/t17-,18?,26?,31?/m0/s1. The van der Waals surface area contributed by atoms with Gasteiger partial charge >= 0.3 is 0 Å². The van der Waals surface area contributed by atoms with Crippen LogP contribution in [0, 0.1) is 6.92 Å². The van der Waals surface area contributed by atoms with Crippen molar-refractivity contribution in [1.29, 1.82) is 0 Å². The minimum Gasteiger partial charge on any atom is -0.457 e. The fraction of sp³-hybridized carbons (Fsp3) is 0.290. The molecule has 4 aromatic rings. The Morgan fingerprint density at radius 1 is 1.07 bits per heavy atom. The van der Waals surface area contributed by atoms with Gasteiger partial charge in [-0.1, -0.05) is 30.3 Å². The molecule has 8 N–H and O–H groups in total. The maximum absolute atomic E-state index is 14.1. The number of thiophene rings is 1. The summed E-state index contributed by atoms with van der Waals surface area (Å²) in [6.07, 6.45) is 1.86. The van der Waals surface area contributed by atoms with Crippen LogP contribution >= 0.6 is 11.3 Å². The van der Waals surface area contributed by atoms with E-state index in [2.05, 4.69) is 17.6 Å². The lowest BCUT2D eigenvalue weighted by Gasteiger charge is -2.37. The fourth-order valence-electron chi connectivity index (χ4n) is 5.97. The molecule has 0 bridgehead atoms. The number of nitrogens with one attached hydrogen (secondary N) is 2. The molecule has 1 aromatic heterocycles. The summed E-state index contributed by atoms with van der Waals surface area (Å²) in [7, 11) is 0. The minimum atomic E-state index is -1.52. The summed E-state index contributed by atoms with van der Waals surface area (Å²) >= 11 is 1.27. The number of rotatable bonds is 5. The third-order valence-corrected chi connectivity index (χ3v) is 9.37. The highest BCUT2D eigenvalue weighted by molar-refractivity contribution is 7.21. The summed E-state index contributed by atoms with van der Waals surface area (Å²) in [5, 5.41) is 7.24. The number of hydrogen-bond acceptors (Lipinski definition) is 8. The third-order valence-electron chi connectivity index (χ3n) is 8.12. The number of amides is 1. The van der Waals surface area contributed by atoms with Crippen molar-refractivity contribution in [2.75, 3.05) is 12.3 Å². The SMILES string of the molecule is Cc1cc(Oc2ccccc2)ccc1C1(N)C(=O)C(N)c2c(C(=O)NC3CC[C@H](C)NC3)sc3c(N)ccc1c23. The van der Waals surface area contributed by atoms with Gasteiger partial charge in [-0.3, -0.25) is 9.59 Å². The van der Waals surface area contributed by atoms with Gasteiger partial charge in [-0.05, 0) is 73.7 Å². The highest BCUT2D eigenvalue weighted by atomic mass is 32.1. The minimum absolute atomic E-state index is 0.00122. The molecule has 40 heavy (non-hydrogen) atoms. The first kappa shape index (κ1) is 26.5. The van der Waals surface area contributed by atoms with E-state index in [1.807, 2.05) is 49.4 Å². The molecule has 2 aliphatic rings. The predicted molar refractivity (Wildman–Crippen MR) is 159 cm³/mol. The highest BCUT2D eigenvalue weighted by Gasteiger charge is 2.49. The first-order valence-electron chi connectivity index (χ1n) is 13.5. The second-order valence-corrected chi connectivity index (χ2v) is 11.9. The van der Waals surface area contributed by atoms with Gasteiger partial charge in [0.2, 0.25) is 0 Å². The number of benzene rings is 3. The van der Waals surface area contributed by atoms with E-state index in [1.54, 1.807) is 18.2 Å². The summed E-state index contributed by atoms with van der Waals surface area (Å²) in [5.41, 5.74) is 21.6. The quantitative estimate of drug-likeness (QED) is 0.232. The van der Waals surface area contributed by atoms with Crippen LogP contribution in [0.25, 0.3) is 10.1 Å². The molecule has 0 spiro atoms. The Morgan fingerprint density at radius 2 is 1.82 bits per heavy atom. The number of anilines is 1. The van der Waals surface area contributed by atoms with Gasteiger partial charge in [-0.15, -0.1) is 11.3 Å². The van der Waals surface area contributed by atoms with Crippen molar-refractivity contribution in [3.05, 3.63) is 87.8 Å². The topological polar surface area (TPSA) is 145 Å². The second-order valence-electron chi connectivity index (χ2n) is 10.9.